The number of carbonyl (C=O) groups is 1. The molecule has 5 heteroatoms. The van der Waals surface area contributed by atoms with Crippen LogP contribution in [0.3, 0.4) is 0 Å². The van der Waals surface area contributed by atoms with Crippen molar-refractivity contribution in [1.82, 2.24) is 5.32 Å². The molecule has 0 fully saturated rings. The van der Waals surface area contributed by atoms with Gasteiger partial charge in [-0.15, -0.1) is 0 Å². The summed E-state index contributed by atoms with van der Waals surface area (Å²) in [4.78, 5) is 12.4. The third-order valence-corrected chi connectivity index (χ3v) is 10.2. The number of aliphatic hydroxyl groups excluding tert-OH is 3. The summed E-state index contributed by atoms with van der Waals surface area (Å²) in [7, 11) is 0. The number of hydrogen-bond acceptors (Lipinski definition) is 4. The first kappa shape index (κ1) is 48.8. The molecule has 0 aliphatic rings. The monoisotopic (exact) mass is 706 g/mol. The molecule has 50 heavy (non-hydrogen) atoms. The molecule has 0 aromatic heterocycles. The van der Waals surface area contributed by atoms with Gasteiger partial charge in [-0.1, -0.05) is 218 Å². The highest BCUT2D eigenvalue weighted by Crippen LogP contribution is 2.16. The fourth-order valence-electron chi connectivity index (χ4n) is 6.83. The molecule has 0 saturated carbocycles. The van der Waals surface area contributed by atoms with Gasteiger partial charge in [-0.2, -0.15) is 0 Å². The Morgan fingerprint density at radius 3 is 1.28 bits per heavy atom. The van der Waals surface area contributed by atoms with Gasteiger partial charge in [-0.25, -0.2) is 0 Å². The van der Waals surface area contributed by atoms with Crippen molar-refractivity contribution >= 4 is 5.91 Å². The van der Waals surface area contributed by atoms with E-state index in [2.05, 4.69) is 31.3 Å². The van der Waals surface area contributed by atoms with E-state index in [-0.39, 0.29) is 18.9 Å². The largest absolute Gasteiger partial charge is 0.394 e. The summed E-state index contributed by atoms with van der Waals surface area (Å²) in [6.07, 6.45) is 49.1. The number of allylic oxidation sites excluding steroid dienone is 3. The minimum Gasteiger partial charge on any atom is -0.394 e. The van der Waals surface area contributed by atoms with Crippen LogP contribution in [0.4, 0.5) is 0 Å². The smallest absolute Gasteiger partial charge is 0.222 e. The van der Waals surface area contributed by atoms with Gasteiger partial charge >= 0.3 is 0 Å². The Balaban J connectivity index is 3.63. The van der Waals surface area contributed by atoms with E-state index in [1.165, 1.54) is 173 Å². The first-order valence-electron chi connectivity index (χ1n) is 22.1. The Bertz CT molecular complexity index is 739. The predicted octanol–water partition coefficient (Wildman–Crippen LogP) is 12.6. The predicted molar refractivity (Wildman–Crippen MR) is 218 cm³/mol. The number of amides is 1. The quantitative estimate of drug-likeness (QED) is 0.0377. The molecule has 0 aliphatic carbocycles. The normalized spacial score (nSPS) is 13.8. The molecule has 296 valence electrons. The van der Waals surface area contributed by atoms with E-state index >= 15 is 0 Å². The van der Waals surface area contributed by atoms with Crippen LogP contribution < -0.4 is 5.32 Å². The zero-order valence-corrected chi connectivity index (χ0v) is 33.5. The fourth-order valence-corrected chi connectivity index (χ4v) is 6.83. The number of carbonyl (C=O) groups excluding carboxylic acids is 1. The highest BCUT2D eigenvalue weighted by Gasteiger charge is 2.20. The van der Waals surface area contributed by atoms with E-state index in [0.717, 1.165) is 32.1 Å². The van der Waals surface area contributed by atoms with Crippen molar-refractivity contribution in [2.45, 2.75) is 250 Å². The summed E-state index contributed by atoms with van der Waals surface area (Å²) in [5.41, 5.74) is 0. The first-order chi connectivity index (χ1) is 24.5. The molecule has 0 aliphatic heterocycles. The minimum atomic E-state index is -0.948. The van der Waals surface area contributed by atoms with Gasteiger partial charge in [0.15, 0.2) is 0 Å². The molecule has 1 amide bonds. The highest BCUT2D eigenvalue weighted by atomic mass is 16.3. The molecule has 5 nitrogen and oxygen atoms in total. The van der Waals surface area contributed by atoms with E-state index in [4.69, 9.17) is 0 Å². The second-order valence-corrected chi connectivity index (χ2v) is 15.3. The van der Waals surface area contributed by atoms with Gasteiger partial charge < -0.3 is 20.6 Å². The van der Waals surface area contributed by atoms with Gasteiger partial charge in [0.2, 0.25) is 5.91 Å². The molecule has 3 unspecified atom stereocenters. The number of hydrogen-bond donors (Lipinski definition) is 4. The van der Waals surface area contributed by atoms with Gasteiger partial charge in [0.05, 0.1) is 31.3 Å². The first-order valence-corrected chi connectivity index (χ1v) is 22.1. The average molecular weight is 706 g/mol. The molecule has 0 aromatic carbocycles. The van der Waals surface area contributed by atoms with Crippen molar-refractivity contribution in [3.8, 4) is 0 Å². The van der Waals surface area contributed by atoms with E-state index in [0.29, 0.717) is 6.42 Å². The fraction of sp³-hybridized carbons (Fsp3) is 0.889. The zero-order valence-electron chi connectivity index (χ0n) is 33.5. The Morgan fingerprint density at radius 1 is 0.500 bits per heavy atom. The maximum absolute atomic E-state index is 12.4. The Hall–Kier alpha value is -1.17. The molecular weight excluding hydrogens is 618 g/mol. The molecule has 0 aromatic rings. The van der Waals surface area contributed by atoms with Gasteiger partial charge in [-0.3, -0.25) is 4.79 Å². The second-order valence-electron chi connectivity index (χ2n) is 15.3. The summed E-state index contributed by atoms with van der Waals surface area (Å²) in [5, 5.41) is 33.1. The van der Waals surface area contributed by atoms with Gasteiger partial charge in [0.25, 0.3) is 0 Å². The summed E-state index contributed by atoms with van der Waals surface area (Å²) < 4.78 is 0. The average Bonchev–Trinajstić information content (AvgIpc) is 3.11. The number of aliphatic hydroxyl groups is 3. The lowest BCUT2D eigenvalue weighted by atomic mass is 10.0. The lowest BCUT2D eigenvalue weighted by Gasteiger charge is -2.21. The van der Waals surface area contributed by atoms with Crippen LogP contribution in [0.5, 0.6) is 0 Å². The van der Waals surface area contributed by atoms with E-state index in [1.807, 2.05) is 6.08 Å². The molecule has 0 spiro atoms. The molecule has 0 bridgehead atoms. The molecule has 4 N–H and O–H groups in total. The lowest BCUT2D eigenvalue weighted by molar-refractivity contribution is -0.124. The standard InChI is InChI=1S/C45H87NO4/c1-3-5-7-9-11-13-15-16-17-18-19-20-21-22-23-24-25-26-27-28-29-31-33-35-37-39-44(49)43(41-47)46-45(50)40-42(48)38-36-34-32-30-14-12-10-8-6-4-2/h29,31,37,39,42-44,47-49H,3-28,30,32-36,38,40-41H2,1-2H3,(H,46,50)/b31-29+,39-37+. The lowest BCUT2D eigenvalue weighted by Crippen LogP contribution is -2.45. The number of nitrogens with one attached hydrogen (secondary N) is 1. The van der Waals surface area contributed by atoms with Crippen molar-refractivity contribution in [3.63, 3.8) is 0 Å². The van der Waals surface area contributed by atoms with Crippen LogP contribution in [0.15, 0.2) is 24.3 Å². The Labute approximate surface area is 312 Å². The van der Waals surface area contributed by atoms with Gasteiger partial charge in [0.1, 0.15) is 0 Å². The van der Waals surface area contributed by atoms with Gasteiger partial charge in [-0.05, 0) is 32.1 Å². The van der Waals surface area contributed by atoms with Crippen LogP contribution in [-0.2, 0) is 4.79 Å². The Morgan fingerprint density at radius 2 is 0.860 bits per heavy atom. The zero-order chi connectivity index (χ0) is 36.6. The van der Waals surface area contributed by atoms with Crippen LogP contribution >= 0.6 is 0 Å². The van der Waals surface area contributed by atoms with Crippen LogP contribution in [-0.4, -0.2) is 46.1 Å². The van der Waals surface area contributed by atoms with Crippen LogP contribution in [0.2, 0.25) is 0 Å². The molecule has 3 atom stereocenters. The molecule has 0 heterocycles. The van der Waals surface area contributed by atoms with Crippen LogP contribution in [0.25, 0.3) is 0 Å². The maximum atomic E-state index is 12.4. The minimum absolute atomic E-state index is 0.00860. The van der Waals surface area contributed by atoms with Crippen LogP contribution in [0, 0.1) is 0 Å². The van der Waals surface area contributed by atoms with Crippen molar-refractivity contribution in [1.29, 1.82) is 0 Å². The number of rotatable bonds is 40. The highest BCUT2D eigenvalue weighted by molar-refractivity contribution is 5.76. The third-order valence-electron chi connectivity index (χ3n) is 10.2. The molecule has 0 saturated heterocycles. The summed E-state index contributed by atoms with van der Waals surface area (Å²) in [6, 6.07) is -0.756. The molecular formula is C45H87NO4. The van der Waals surface area contributed by atoms with Crippen molar-refractivity contribution in [2.24, 2.45) is 0 Å². The van der Waals surface area contributed by atoms with Gasteiger partial charge in [0, 0.05) is 0 Å². The van der Waals surface area contributed by atoms with E-state index in [9.17, 15) is 20.1 Å². The van der Waals surface area contributed by atoms with Crippen molar-refractivity contribution < 1.29 is 20.1 Å². The van der Waals surface area contributed by atoms with E-state index in [1.54, 1.807) is 6.08 Å². The molecule has 0 radical (unpaired) electrons. The second kappa shape index (κ2) is 40.6. The summed E-state index contributed by atoms with van der Waals surface area (Å²) >= 11 is 0. The molecule has 0 rings (SSSR count). The maximum Gasteiger partial charge on any atom is 0.222 e. The van der Waals surface area contributed by atoms with Crippen molar-refractivity contribution in [2.75, 3.05) is 6.61 Å². The third kappa shape index (κ3) is 36.6. The number of unbranched alkanes of at least 4 members (excludes halogenated alkanes) is 29. The summed E-state index contributed by atoms with van der Waals surface area (Å²) in [5.74, 6) is -0.325. The van der Waals surface area contributed by atoms with Crippen LogP contribution in [0.1, 0.15) is 232 Å². The SMILES string of the molecule is CCCCCCCCCCCCCCCCCCCCC/C=C/CC/C=C/C(O)C(CO)NC(=O)CC(O)CCCCCCCCCCCC. The Kier molecular flexibility index (Phi) is 39.6. The topological polar surface area (TPSA) is 89.8 Å². The van der Waals surface area contributed by atoms with Crippen molar-refractivity contribution in [3.05, 3.63) is 24.3 Å². The van der Waals surface area contributed by atoms with E-state index < -0.39 is 18.2 Å². The summed E-state index contributed by atoms with van der Waals surface area (Å²) in [6.45, 7) is 4.19.